The highest BCUT2D eigenvalue weighted by Crippen LogP contribution is 2.38. The number of likely N-dealkylation sites (N-methyl/N-ethyl adjacent to an activating group) is 1. The highest BCUT2D eigenvalue weighted by Gasteiger charge is 2.21. The Balaban J connectivity index is 4.32. The van der Waals surface area contributed by atoms with Crippen molar-refractivity contribution in [2.45, 2.75) is 213 Å². The minimum absolute atomic E-state index is 0.0422. The zero-order chi connectivity index (χ0) is 49.9. The average Bonchev–Trinajstić information content (AvgIpc) is 3.30. The molecule has 0 aromatic heterocycles. The van der Waals surface area contributed by atoms with Crippen LogP contribution < -0.4 is 4.89 Å². The lowest BCUT2D eigenvalue weighted by atomic mass is 10.1. The highest BCUT2D eigenvalue weighted by atomic mass is 31.2. The maximum atomic E-state index is 12.8. The van der Waals surface area contributed by atoms with E-state index in [2.05, 4.69) is 111 Å². The third kappa shape index (κ3) is 52.3. The molecule has 0 heterocycles. The SMILES string of the molecule is CC/C=C\C/C=C\C/C=C\C/C=C\C/C=C\C/C=C\CCCCCCC(=O)OC(COC(=O)CCCCCCCCCCC/C=C\C/C=C\CCCCCCC)COP(=O)([O-])OCC[N+](C)(C)C. The van der Waals surface area contributed by atoms with Crippen molar-refractivity contribution in [3.05, 3.63) is 97.2 Å². The van der Waals surface area contributed by atoms with E-state index in [1.807, 2.05) is 21.1 Å². The molecule has 68 heavy (non-hydrogen) atoms. The molecule has 10 heteroatoms. The first kappa shape index (κ1) is 64.9. The van der Waals surface area contributed by atoms with Gasteiger partial charge in [-0.05, 0) is 96.3 Å². The van der Waals surface area contributed by atoms with Gasteiger partial charge in [-0.25, -0.2) is 0 Å². The van der Waals surface area contributed by atoms with Crippen LogP contribution in [0, 0.1) is 0 Å². The van der Waals surface area contributed by atoms with Gasteiger partial charge in [0.25, 0.3) is 7.82 Å². The number of hydrogen-bond acceptors (Lipinski definition) is 8. The second-order valence-electron chi connectivity index (χ2n) is 18.9. The monoisotopic (exact) mass is 970 g/mol. The van der Waals surface area contributed by atoms with Gasteiger partial charge >= 0.3 is 11.9 Å². The summed E-state index contributed by atoms with van der Waals surface area (Å²) in [5.74, 6) is -0.873. The van der Waals surface area contributed by atoms with Crippen LogP contribution in [0.2, 0.25) is 0 Å². The molecule has 0 saturated heterocycles. The minimum Gasteiger partial charge on any atom is -0.756 e. The van der Waals surface area contributed by atoms with Crippen LogP contribution in [-0.2, 0) is 32.7 Å². The first-order valence-corrected chi connectivity index (χ1v) is 28.4. The topological polar surface area (TPSA) is 111 Å². The number of esters is 2. The first-order valence-electron chi connectivity index (χ1n) is 26.9. The number of carbonyl (C=O) groups excluding carboxylic acids is 2. The van der Waals surface area contributed by atoms with Crippen LogP contribution in [0.1, 0.15) is 206 Å². The maximum Gasteiger partial charge on any atom is 0.306 e. The summed E-state index contributed by atoms with van der Waals surface area (Å²) < 4.78 is 34.1. The number of carbonyl (C=O) groups is 2. The molecule has 0 aliphatic rings. The predicted molar refractivity (Wildman–Crippen MR) is 286 cm³/mol. The molecule has 9 nitrogen and oxygen atoms in total. The van der Waals surface area contributed by atoms with Crippen molar-refractivity contribution in [2.24, 2.45) is 0 Å². The van der Waals surface area contributed by atoms with Crippen molar-refractivity contribution in [2.75, 3.05) is 47.5 Å². The van der Waals surface area contributed by atoms with Crippen molar-refractivity contribution < 1.29 is 42.1 Å². The molecule has 0 amide bonds. The van der Waals surface area contributed by atoms with Crippen molar-refractivity contribution in [3.63, 3.8) is 0 Å². The molecule has 2 unspecified atom stereocenters. The molecule has 0 aromatic rings. The molecule has 0 aliphatic carbocycles. The Kier molecular flexibility index (Phi) is 46.7. The van der Waals surface area contributed by atoms with Crippen LogP contribution in [-0.4, -0.2) is 70.0 Å². The number of allylic oxidation sites excluding steroid dienone is 16. The molecule has 0 spiro atoms. The number of phosphoric ester groups is 1. The van der Waals surface area contributed by atoms with E-state index in [-0.39, 0.29) is 26.1 Å². The van der Waals surface area contributed by atoms with Gasteiger partial charge in [-0.2, -0.15) is 0 Å². The molecule has 0 N–H and O–H groups in total. The van der Waals surface area contributed by atoms with Gasteiger partial charge in [0.05, 0.1) is 27.7 Å². The summed E-state index contributed by atoms with van der Waals surface area (Å²) >= 11 is 0. The lowest BCUT2D eigenvalue weighted by Gasteiger charge is -2.28. The van der Waals surface area contributed by atoms with E-state index in [4.69, 9.17) is 18.5 Å². The minimum atomic E-state index is -4.65. The number of ether oxygens (including phenoxy) is 2. The van der Waals surface area contributed by atoms with Crippen molar-refractivity contribution in [3.8, 4) is 0 Å². The van der Waals surface area contributed by atoms with Gasteiger partial charge in [0.15, 0.2) is 6.10 Å². The summed E-state index contributed by atoms with van der Waals surface area (Å²) in [5.41, 5.74) is 0. The Morgan fingerprint density at radius 3 is 1.25 bits per heavy atom. The second-order valence-corrected chi connectivity index (χ2v) is 20.3. The average molecular weight is 970 g/mol. The van der Waals surface area contributed by atoms with Crippen LogP contribution in [0.15, 0.2) is 97.2 Å². The molecule has 0 radical (unpaired) electrons. The van der Waals surface area contributed by atoms with Gasteiger partial charge in [0.1, 0.15) is 19.8 Å². The van der Waals surface area contributed by atoms with Gasteiger partial charge in [-0.3, -0.25) is 14.2 Å². The van der Waals surface area contributed by atoms with Gasteiger partial charge < -0.3 is 27.9 Å². The highest BCUT2D eigenvalue weighted by molar-refractivity contribution is 7.45. The van der Waals surface area contributed by atoms with Crippen LogP contribution in [0.25, 0.3) is 0 Å². The summed E-state index contributed by atoms with van der Waals surface area (Å²) in [7, 11) is 1.13. The van der Waals surface area contributed by atoms with Gasteiger partial charge in [-0.15, -0.1) is 0 Å². The maximum absolute atomic E-state index is 12.8. The molecule has 0 aromatic carbocycles. The van der Waals surface area contributed by atoms with Crippen molar-refractivity contribution >= 4 is 19.8 Å². The zero-order valence-electron chi connectivity index (χ0n) is 44.0. The normalized spacial score (nSPS) is 14.1. The van der Waals surface area contributed by atoms with Crippen molar-refractivity contribution in [1.29, 1.82) is 0 Å². The van der Waals surface area contributed by atoms with Gasteiger partial charge in [0, 0.05) is 12.8 Å². The van der Waals surface area contributed by atoms with E-state index in [1.165, 1.54) is 70.6 Å². The number of quaternary nitrogens is 1. The van der Waals surface area contributed by atoms with E-state index in [9.17, 15) is 19.0 Å². The van der Waals surface area contributed by atoms with Crippen molar-refractivity contribution in [1.82, 2.24) is 0 Å². The lowest BCUT2D eigenvalue weighted by molar-refractivity contribution is -0.870. The molecule has 2 atom stereocenters. The molecular weight excluding hydrogens is 870 g/mol. The van der Waals surface area contributed by atoms with E-state index in [1.54, 1.807) is 0 Å². The van der Waals surface area contributed by atoms with Crippen LogP contribution >= 0.6 is 7.82 Å². The third-order valence-corrected chi connectivity index (χ3v) is 12.1. The van der Waals surface area contributed by atoms with E-state index in [0.717, 1.165) is 103 Å². The largest absolute Gasteiger partial charge is 0.756 e. The van der Waals surface area contributed by atoms with E-state index >= 15 is 0 Å². The molecule has 0 fully saturated rings. The van der Waals surface area contributed by atoms with Gasteiger partial charge in [-0.1, -0.05) is 195 Å². The Hall–Kier alpha value is -3.07. The molecule has 390 valence electrons. The Morgan fingerprint density at radius 1 is 0.471 bits per heavy atom. The second kappa shape index (κ2) is 48.9. The molecule has 0 saturated carbocycles. The predicted octanol–water partition coefficient (Wildman–Crippen LogP) is 15.8. The molecular formula is C58H100NO8P. The van der Waals surface area contributed by atoms with Gasteiger partial charge in [0.2, 0.25) is 0 Å². The third-order valence-electron chi connectivity index (χ3n) is 11.1. The smallest absolute Gasteiger partial charge is 0.306 e. The summed E-state index contributed by atoms with van der Waals surface area (Å²) in [6.07, 6.45) is 65.8. The molecule has 0 rings (SSSR count). The zero-order valence-corrected chi connectivity index (χ0v) is 44.9. The Morgan fingerprint density at radius 2 is 0.838 bits per heavy atom. The first-order chi connectivity index (χ1) is 33.0. The Bertz CT molecular complexity index is 1470. The lowest BCUT2D eigenvalue weighted by Crippen LogP contribution is -2.37. The number of unbranched alkanes of at least 4 members (excludes halogenated alkanes) is 18. The number of hydrogen-bond donors (Lipinski definition) is 0. The summed E-state index contributed by atoms with van der Waals surface area (Å²) in [6, 6.07) is 0. The standard InChI is InChI=1S/C58H100NO8P/c1-6-8-10-12-14-16-18-20-22-24-26-28-29-31-33-35-37-39-41-43-45-47-49-51-58(61)67-56(55-66-68(62,63)65-53-52-59(3,4)5)54-64-57(60)50-48-46-44-42-40-38-36-34-32-30-27-25-23-21-19-17-15-13-11-9-7-2/h8,10,14,16,19-22,25-28,31,33,37,39,56H,6-7,9,11-13,15,17-18,23-24,29-30,32,34-36,38,40-55H2,1-5H3/b10-8-,16-14-,21-19-,22-20-,27-25-,28-26-,33-31-,39-37-. The van der Waals surface area contributed by atoms with E-state index in [0.29, 0.717) is 17.4 Å². The fourth-order valence-corrected chi connectivity index (χ4v) is 7.65. The van der Waals surface area contributed by atoms with E-state index < -0.39 is 32.5 Å². The van der Waals surface area contributed by atoms with Crippen LogP contribution in [0.4, 0.5) is 0 Å². The molecule has 0 aliphatic heterocycles. The fraction of sp³-hybridized carbons (Fsp3) is 0.690. The number of phosphoric acid groups is 1. The fourth-order valence-electron chi connectivity index (χ4n) is 6.92. The van der Waals surface area contributed by atoms with Crippen LogP contribution in [0.3, 0.4) is 0 Å². The Labute approximate surface area is 417 Å². The summed E-state index contributed by atoms with van der Waals surface area (Å²) in [5, 5.41) is 0. The number of nitrogens with zero attached hydrogens (tertiary/aromatic N) is 1. The molecule has 0 bridgehead atoms. The van der Waals surface area contributed by atoms with Crippen LogP contribution in [0.5, 0.6) is 0 Å². The summed E-state index contributed by atoms with van der Waals surface area (Å²) in [6.45, 7) is 4.07. The summed E-state index contributed by atoms with van der Waals surface area (Å²) in [4.78, 5) is 37.8. The quantitative estimate of drug-likeness (QED) is 0.0195. The number of rotatable bonds is 48.